The van der Waals surface area contributed by atoms with Crippen molar-refractivity contribution in [2.75, 3.05) is 21.3 Å². The summed E-state index contributed by atoms with van der Waals surface area (Å²) in [7, 11) is 4.73. The van der Waals surface area contributed by atoms with Crippen LogP contribution in [-0.2, 0) is 4.79 Å². The van der Waals surface area contributed by atoms with Crippen molar-refractivity contribution in [3.05, 3.63) is 58.5 Å². The van der Waals surface area contributed by atoms with Gasteiger partial charge in [-0.2, -0.15) is 0 Å². The zero-order valence-corrected chi connectivity index (χ0v) is 16.3. The van der Waals surface area contributed by atoms with Gasteiger partial charge in [-0.15, -0.1) is 0 Å². The van der Waals surface area contributed by atoms with Crippen LogP contribution in [0.15, 0.2) is 52.4 Å². The van der Waals surface area contributed by atoms with Gasteiger partial charge in [0, 0.05) is 12.6 Å². The lowest BCUT2D eigenvalue weighted by Gasteiger charge is -2.08. The summed E-state index contributed by atoms with van der Waals surface area (Å²) in [6.07, 6.45) is 1.71. The molecule has 144 valence electrons. The van der Waals surface area contributed by atoms with E-state index >= 15 is 0 Å². The van der Waals surface area contributed by atoms with Crippen molar-refractivity contribution in [2.45, 2.75) is 0 Å². The molecule has 0 atom stereocenters. The number of carbonyl (C=O) groups excluding carboxylic acids is 2. The number of amidine groups is 1. The topological polar surface area (TPSA) is 91.3 Å². The van der Waals surface area contributed by atoms with E-state index in [9.17, 15) is 14.7 Å². The highest BCUT2D eigenvalue weighted by Crippen LogP contribution is 2.35. The van der Waals surface area contributed by atoms with E-state index in [1.807, 2.05) is 0 Å². The van der Waals surface area contributed by atoms with Crippen LogP contribution in [0, 0.1) is 0 Å². The summed E-state index contributed by atoms with van der Waals surface area (Å²) in [6.45, 7) is 0. The van der Waals surface area contributed by atoms with Crippen LogP contribution in [0.5, 0.6) is 11.5 Å². The Hall–Kier alpha value is -3.26. The SMILES string of the molecule is COc1ccc(OC)c(/C=C2/SC(=Nc3cccc(C(=O)[O-])c3)N(C)C2=O)c1. The Morgan fingerprint density at radius 2 is 1.96 bits per heavy atom. The molecule has 0 N–H and O–H groups in total. The number of methoxy groups -OCH3 is 2. The van der Waals surface area contributed by atoms with Gasteiger partial charge in [-0.25, -0.2) is 4.99 Å². The minimum atomic E-state index is -1.28. The van der Waals surface area contributed by atoms with Crippen LogP contribution in [0.3, 0.4) is 0 Å². The number of carboxylic acids is 1. The van der Waals surface area contributed by atoms with Gasteiger partial charge >= 0.3 is 0 Å². The van der Waals surface area contributed by atoms with Crippen molar-refractivity contribution in [3.63, 3.8) is 0 Å². The van der Waals surface area contributed by atoms with Gasteiger partial charge < -0.3 is 19.4 Å². The lowest BCUT2D eigenvalue weighted by atomic mass is 10.1. The van der Waals surface area contributed by atoms with Crippen LogP contribution in [0.2, 0.25) is 0 Å². The number of aromatic carboxylic acids is 1. The first-order valence-electron chi connectivity index (χ1n) is 8.22. The van der Waals surface area contributed by atoms with Crippen molar-refractivity contribution < 1.29 is 24.2 Å². The smallest absolute Gasteiger partial charge is 0.266 e. The second-order valence-corrected chi connectivity index (χ2v) is 6.82. The van der Waals surface area contributed by atoms with Gasteiger partial charge in [0.25, 0.3) is 5.91 Å². The fourth-order valence-corrected chi connectivity index (χ4v) is 3.54. The van der Waals surface area contributed by atoms with Crippen molar-refractivity contribution in [1.29, 1.82) is 0 Å². The number of hydrogen-bond donors (Lipinski definition) is 0. The van der Waals surface area contributed by atoms with E-state index < -0.39 is 5.97 Å². The number of nitrogens with zero attached hydrogens (tertiary/aromatic N) is 2. The second-order valence-electron chi connectivity index (χ2n) is 5.81. The van der Waals surface area contributed by atoms with Crippen LogP contribution in [0.25, 0.3) is 6.08 Å². The molecule has 1 amide bonds. The van der Waals surface area contributed by atoms with Gasteiger partial charge in [-0.05, 0) is 53.7 Å². The summed E-state index contributed by atoms with van der Waals surface area (Å²) in [6, 6.07) is 11.4. The number of likely N-dealkylation sites (N-methyl/N-ethyl adjacent to an activating group) is 1. The summed E-state index contributed by atoms with van der Waals surface area (Å²) >= 11 is 1.19. The van der Waals surface area contributed by atoms with Crippen molar-refractivity contribution >= 4 is 40.6 Å². The average Bonchev–Trinajstić information content (AvgIpc) is 2.96. The first kappa shape index (κ1) is 19.5. The maximum atomic E-state index is 12.6. The van der Waals surface area contributed by atoms with Crippen molar-refractivity contribution in [2.24, 2.45) is 4.99 Å². The zero-order valence-electron chi connectivity index (χ0n) is 15.5. The standard InChI is InChI=1S/C20H18N2O5S/c1-22-18(23)17(11-13-10-15(26-2)7-8-16(13)27-3)28-20(22)21-14-6-4-5-12(9-14)19(24)25/h4-11H,1-3H3,(H,24,25)/p-1/b17-11+,21-20?. The molecular weight excluding hydrogens is 380 g/mol. The number of amides is 1. The Bertz CT molecular complexity index is 1000. The Labute approximate surface area is 166 Å². The molecule has 0 unspecified atom stereocenters. The highest BCUT2D eigenvalue weighted by molar-refractivity contribution is 8.18. The molecule has 3 rings (SSSR count). The largest absolute Gasteiger partial charge is 0.545 e. The van der Waals surface area contributed by atoms with Crippen molar-refractivity contribution in [3.8, 4) is 11.5 Å². The number of benzene rings is 2. The van der Waals surface area contributed by atoms with Crippen LogP contribution < -0.4 is 14.6 Å². The molecule has 0 spiro atoms. The van der Waals surface area contributed by atoms with E-state index in [4.69, 9.17) is 9.47 Å². The fourth-order valence-electron chi connectivity index (χ4n) is 2.56. The number of rotatable bonds is 5. The molecule has 1 aliphatic rings. The zero-order chi connectivity index (χ0) is 20.3. The average molecular weight is 397 g/mol. The summed E-state index contributed by atoms with van der Waals surface area (Å²) < 4.78 is 10.6. The lowest BCUT2D eigenvalue weighted by Crippen LogP contribution is -2.23. The van der Waals surface area contributed by atoms with E-state index in [1.54, 1.807) is 57.7 Å². The molecule has 1 saturated heterocycles. The van der Waals surface area contributed by atoms with Gasteiger partial charge in [0.2, 0.25) is 0 Å². The molecule has 2 aromatic rings. The quantitative estimate of drug-likeness (QED) is 0.719. The van der Waals surface area contributed by atoms with Crippen LogP contribution in [-0.4, -0.2) is 43.2 Å². The van der Waals surface area contributed by atoms with Gasteiger partial charge in [0.1, 0.15) is 11.5 Å². The molecule has 0 aromatic heterocycles. The highest BCUT2D eigenvalue weighted by atomic mass is 32.2. The Morgan fingerprint density at radius 3 is 2.64 bits per heavy atom. The number of carbonyl (C=O) groups is 2. The number of thioether (sulfide) groups is 1. The Balaban J connectivity index is 1.95. The normalized spacial score (nSPS) is 16.7. The summed E-state index contributed by atoms with van der Waals surface area (Å²) in [5.74, 6) is -0.248. The maximum absolute atomic E-state index is 12.6. The highest BCUT2D eigenvalue weighted by Gasteiger charge is 2.30. The molecule has 0 aliphatic carbocycles. The molecule has 0 radical (unpaired) electrons. The number of ether oxygens (including phenoxy) is 2. The van der Waals surface area contributed by atoms with Crippen molar-refractivity contribution in [1.82, 2.24) is 4.90 Å². The predicted octanol–water partition coefficient (Wildman–Crippen LogP) is 2.30. The maximum Gasteiger partial charge on any atom is 0.266 e. The fraction of sp³-hybridized carbons (Fsp3) is 0.150. The third-order valence-electron chi connectivity index (χ3n) is 4.03. The molecule has 8 heteroatoms. The molecule has 1 aliphatic heterocycles. The molecular formula is C20H17N2O5S-. The van der Waals surface area contributed by atoms with Gasteiger partial charge in [-0.1, -0.05) is 12.1 Å². The molecule has 28 heavy (non-hydrogen) atoms. The Morgan fingerprint density at radius 1 is 1.18 bits per heavy atom. The van der Waals surface area contributed by atoms with Gasteiger partial charge in [0.05, 0.1) is 30.8 Å². The Kier molecular flexibility index (Phi) is 5.70. The minimum Gasteiger partial charge on any atom is -0.545 e. The molecule has 0 saturated carbocycles. The third-order valence-corrected chi connectivity index (χ3v) is 5.09. The van der Waals surface area contributed by atoms with E-state index in [-0.39, 0.29) is 11.5 Å². The predicted molar refractivity (Wildman–Crippen MR) is 106 cm³/mol. The molecule has 0 bridgehead atoms. The van der Waals surface area contributed by atoms with Crippen LogP contribution in [0.4, 0.5) is 5.69 Å². The van der Waals surface area contributed by atoms with E-state index in [2.05, 4.69) is 4.99 Å². The number of hydrogen-bond acceptors (Lipinski definition) is 7. The number of aliphatic imine (C=N–C) groups is 1. The summed E-state index contributed by atoms with van der Waals surface area (Å²) in [5, 5.41) is 11.5. The van der Waals surface area contributed by atoms with Crippen LogP contribution in [0.1, 0.15) is 15.9 Å². The molecule has 2 aromatic carbocycles. The first-order valence-corrected chi connectivity index (χ1v) is 9.04. The molecule has 1 fully saturated rings. The van der Waals surface area contributed by atoms with Gasteiger partial charge in [-0.3, -0.25) is 9.69 Å². The summed E-state index contributed by atoms with van der Waals surface area (Å²) in [5.41, 5.74) is 1.14. The van der Waals surface area contributed by atoms with E-state index in [1.165, 1.54) is 28.8 Å². The lowest BCUT2D eigenvalue weighted by molar-refractivity contribution is -0.255. The monoisotopic (exact) mass is 397 g/mol. The minimum absolute atomic E-state index is 0.0238. The van der Waals surface area contributed by atoms with Gasteiger partial charge in [0.15, 0.2) is 5.17 Å². The summed E-state index contributed by atoms with van der Waals surface area (Å²) in [4.78, 5) is 29.9. The van der Waals surface area contributed by atoms with E-state index in [0.29, 0.717) is 32.8 Å². The molecule has 1 heterocycles. The van der Waals surface area contributed by atoms with E-state index in [0.717, 1.165) is 0 Å². The molecule has 7 nitrogen and oxygen atoms in total. The first-order chi connectivity index (χ1) is 13.4. The third kappa shape index (κ3) is 4.01. The second kappa shape index (κ2) is 8.18. The van der Waals surface area contributed by atoms with Crippen LogP contribution >= 0.6 is 11.8 Å². The number of carboxylic acid groups (broad SMARTS) is 1.